The lowest BCUT2D eigenvalue weighted by atomic mass is 9.90. The first-order valence-corrected chi connectivity index (χ1v) is 13.4. The number of ether oxygens (including phenoxy) is 2. The van der Waals surface area contributed by atoms with Crippen LogP contribution in [0, 0.1) is 0 Å². The predicted molar refractivity (Wildman–Crippen MR) is 154 cm³/mol. The second kappa shape index (κ2) is 14.8. The van der Waals surface area contributed by atoms with Crippen LogP contribution in [0.4, 0.5) is 0 Å². The van der Waals surface area contributed by atoms with Crippen molar-refractivity contribution in [3.63, 3.8) is 0 Å². The Labute approximate surface area is 223 Å². The molecule has 5 heteroatoms. The van der Waals surface area contributed by atoms with Crippen molar-refractivity contribution < 1.29 is 14.6 Å². The minimum atomic E-state index is 0.167. The van der Waals surface area contributed by atoms with Gasteiger partial charge in [-0.1, -0.05) is 36.9 Å². The number of rotatable bonds is 16. The first-order chi connectivity index (χ1) is 17.9. The van der Waals surface area contributed by atoms with E-state index in [1.54, 1.807) is 0 Å². The fourth-order valence-electron chi connectivity index (χ4n) is 4.20. The van der Waals surface area contributed by atoms with Crippen molar-refractivity contribution in [1.82, 2.24) is 9.80 Å². The SMILES string of the molecule is C=C1C/C1=C/C(CCCO)=C(c1ccc(OCCCN(C)C)cc1)c1ccc(OCCCN(C)C)cc1. The van der Waals surface area contributed by atoms with E-state index in [0.29, 0.717) is 13.2 Å². The molecule has 2 aromatic rings. The van der Waals surface area contributed by atoms with E-state index in [1.807, 2.05) is 0 Å². The van der Waals surface area contributed by atoms with Gasteiger partial charge in [-0.25, -0.2) is 0 Å². The Kier molecular flexibility index (Phi) is 11.5. The molecule has 1 N–H and O–H groups in total. The lowest BCUT2D eigenvalue weighted by molar-refractivity contribution is 0.281. The molecule has 1 aliphatic rings. The fraction of sp³-hybridized carbons (Fsp3) is 0.438. The fourth-order valence-corrected chi connectivity index (χ4v) is 4.20. The quantitative estimate of drug-likeness (QED) is 0.292. The van der Waals surface area contributed by atoms with Crippen LogP contribution in [-0.2, 0) is 0 Å². The molecule has 0 aromatic heterocycles. The maximum atomic E-state index is 9.59. The van der Waals surface area contributed by atoms with E-state index in [-0.39, 0.29) is 6.61 Å². The van der Waals surface area contributed by atoms with Gasteiger partial charge in [0, 0.05) is 19.7 Å². The molecule has 0 aliphatic heterocycles. The highest BCUT2D eigenvalue weighted by atomic mass is 16.5. The third-order valence-corrected chi connectivity index (χ3v) is 6.33. The summed E-state index contributed by atoms with van der Waals surface area (Å²) in [5.41, 5.74) is 7.17. The standard InChI is InChI=1S/C32H44N2O3/c1-25-23-29(25)24-28(9-6-20-35)32(26-10-14-30(15-11-26)36-21-7-18-33(2)3)27-12-16-31(17-13-27)37-22-8-19-34(4)5/h10-17,24,35H,1,6-9,18-23H2,2-5H3/b29-24-. The Morgan fingerprint density at radius 3 is 1.65 bits per heavy atom. The van der Waals surface area contributed by atoms with Crippen LogP contribution in [0.5, 0.6) is 11.5 Å². The normalized spacial score (nSPS) is 13.9. The van der Waals surface area contributed by atoms with Crippen molar-refractivity contribution in [2.24, 2.45) is 0 Å². The Balaban J connectivity index is 1.85. The summed E-state index contributed by atoms with van der Waals surface area (Å²) >= 11 is 0. The van der Waals surface area contributed by atoms with E-state index < -0.39 is 0 Å². The molecule has 0 unspecified atom stereocenters. The highest BCUT2D eigenvalue weighted by molar-refractivity contribution is 5.84. The second-order valence-corrected chi connectivity index (χ2v) is 10.2. The highest BCUT2D eigenvalue weighted by Gasteiger charge is 2.20. The van der Waals surface area contributed by atoms with Gasteiger partial charge in [0.1, 0.15) is 11.5 Å². The maximum Gasteiger partial charge on any atom is 0.119 e. The molecule has 1 saturated carbocycles. The molecule has 0 atom stereocenters. The van der Waals surface area contributed by atoms with Gasteiger partial charge in [-0.15, -0.1) is 0 Å². The number of benzene rings is 2. The summed E-state index contributed by atoms with van der Waals surface area (Å²) < 4.78 is 11.9. The number of hydrogen-bond donors (Lipinski definition) is 1. The zero-order chi connectivity index (χ0) is 26.6. The Bertz CT molecular complexity index is 989. The monoisotopic (exact) mass is 504 g/mol. The molecular weight excluding hydrogens is 460 g/mol. The Morgan fingerprint density at radius 2 is 1.27 bits per heavy atom. The summed E-state index contributed by atoms with van der Waals surface area (Å²) in [4.78, 5) is 4.33. The van der Waals surface area contributed by atoms with Crippen LogP contribution in [0.3, 0.4) is 0 Å². The van der Waals surface area contributed by atoms with Gasteiger partial charge in [0.25, 0.3) is 0 Å². The third-order valence-electron chi connectivity index (χ3n) is 6.33. The van der Waals surface area contributed by atoms with E-state index in [9.17, 15) is 5.11 Å². The number of hydrogen-bond acceptors (Lipinski definition) is 5. The Morgan fingerprint density at radius 1 is 0.811 bits per heavy atom. The van der Waals surface area contributed by atoms with Crippen molar-refractivity contribution in [1.29, 1.82) is 0 Å². The van der Waals surface area contributed by atoms with Crippen molar-refractivity contribution >= 4 is 5.57 Å². The lowest BCUT2D eigenvalue weighted by Gasteiger charge is -2.16. The van der Waals surface area contributed by atoms with Crippen LogP contribution >= 0.6 is 0 Å². The van der Waals surface area contributed by atoms with Crippen LogP contribution in [0.1, 0.15) is 43.2 Å². The van der Waals surface area contributed by atoms with Gasteiger partial charge in [-0.2, -0.15) is 0 Å². The van der Waals surface area contributed by atoms with E-state index in [4.69, 9.17) is 9.47 Å². The van der Waals surface area contributed by atoms with E-state index in [0.717, 1.165) is 67.8 Å². The smallest absolute Gasteiger partial charge is 0.119 e. The van der Waals surface area contributed by atoms with Gasteiger partial charge in [0.15, 0.2) is 0 Å². The van der Waals surface area contributed by atoms with Crippen molar-refractivity contribution in [3.8, 4) is 11.5 Å². The zero-order valence-electron chi connectivity index (χ0n) is 23.1. The van der Waals surface area contributed by atoms with Crippen LogP contribution in [0.15, 0.2) is 77.9 Å². The number of allylic oxidation sites excluding steroid dienone is 4. The van der Waals surface area contributed by atoms with Gasteiger partial charge < -0.3 is 24.4 Å². The molecule has 0 saturated heterocycles. The van der Waals surface area contributed by atoms with Gasteiger partial charge in [0.2, 0.25) is 0 Å². The van der Waals surface area contributed by atoms with Crippen molar-refractivity contribution in [3.05, 3.63) is 89.0 Å². The molecule has 0 bridgehead atoms. The molecule has 0 heterocycles. The summed E-state index contributed by atoms with van der Waals surface area (Å²) in [6.07, 6.45) is 6.74. The second-order valence-electron chi connectivity index (χ2n) is 10.2. The summed E-state index contributed by atoms with van der Waals surface area (Å²) in [5.74, 6) is 1.77. The van der Waals surface area contributed by atoms with Crippen LogP contribution in [0.25, 0.3) is 5.57 Å². The van der Waals surface area contributed by atoms with Crippen molar-refractivity contribution in [2.45, 2.75) is 32.1 Å². The Hall–Kier alpha value is -2.86. The topological polar surface area (TPSA) is 45.2 Å². The summed E-state index contributed by atoms with van der Waals surface area (Å²) in [6, 6.07) is 16.8. The van der Waals surface area contributed by atoms with E-state index in [1.165, 1.54) is 22.3 Å². The van der Waals surface area contributed by atoms with Gasteiger partial charge in [-0.3, -0.25) is 0 Å². The molecule has 1 aliphatic carbocycles. The minimum Gasteiger partial charge on any atom is -0.494 e. The molecular formula is C32H44N2O3. The minimum absolute atomic E-state index is 0.167. The van der Waals surface area contributed by atoms with Crippen molar-refractivity contribution in [2.75, 3.05) is 61.1 Å². The van der Waals surface area contributed by atoms with Crippen LogP contribution in [-0.4, -0.2) is 76.0 Å². The van der Waals surface area contributed by atoms with Gasteiger partial charge in [0.05, 0.1) is 13.2 Å². The average Bonchev–Trinajstić information content (AvgIpc) is 3.58. The first kappa shape index (κ1) is 28.7. The van der Waals surface area contributed by atoms with Gasteiger partial charge in [-0.05, 0) is 118 Å². The summed E-state index contributed by atoms with van der Waals surface area (Å²) in [7, 11) is 8.31. The molecule has 1 fully saturated rings. The lowest BCUT2D eigenvalue weighted by Crippen LogP contribution is -2.15. The van der Waals surface area contributed by atoms with Crippen LogP contribution < -0.4 is 9.47 Å². The predicted octanol–water partition coefficient (Wildman–Crippen LogP) is 5.81. The third kappa shape index (κ3) is 9.84. The molecule has 200 valence electrons. The number of nitrogens with zero attached hydrogens (tertiary/aromatic N) is 2. The molecule has 0 radical (unpaired) electrons. The molecule has 2 aromatic carbocycles. The zero-order valence-corrected chi connectivity index (χ0v) is 23.1. The molecule has 3 rings (SSSR count). The number of aliphatic hydroxyl groups is 1. The largest absolute Gasteiger partial charge is 0.494 e. The molecule has 5 nitrogen and oxygen atoms in total. The molecule has 0 spiro atoms. The molecule has 37 heavy (non-hydrogen) atoms. The van der Waals surface area contributed by atoms with E-state index in [2.05, 4.69) is 99.2 Å². The van der Waals surface area contributed by atoms with Gasteiger partial charge >= 0.3 is 0 Å². The average molecular weight is 505 g/mol. The van der Waals surface area contributed by atoms with E-state index >= 15 is 0 Å². The number of aliphatic hydroxyl groups excluding tert-OH is 1. The summed E-state index contributed by atoms with van der Waals surface area (Å²) in [6.45, 7) is 7.71. The maximum absolute atomic E-state index is 9.59. The summed E-state index contributed by atoms with van der Waals surface area (Å²) in [5, 5.41) is 9.59. The van der Waals surface area contributed by atoms with Crippen LogP contribution in [0.2, 0.25) is 0 Å². The highest BCUT2D eigenvalue weighted by Crippen LogP contribution is 2.39. The molecule has 0 amide bonds. The first-order valence-electron chi connectivity index (χ1n) is 13.4.